The van der Waals surface area contributed by atoms with Crippen LogP contribution in [0.4, 0.5) is 0 Å². The normalized spacial score (nSPS) is 11.0. The van der Waals surface area contributed by atoms with Gasteiger partial charge in [-0.2, -0.15) is 0 Å². The van der Waals surface area contributed by atoms with Crippen LogP contribution in [0, 0.1) is 6.92 Å². The van der Waals surface area contributed by atoms with Gasteiger partial charge in [0.2, 0.25) is 0 Å². The van der Waals surface area contributed by atoms with Crippen molar-refractivity contribution in [2.24, 2.45) is 0 Å². The van der Waals surface area contributed by atoms with E-state index in [2.05, 4.69) is 21.9 Å². The Kier molecular flexibility index (Phi) is 2.20. The number of nitrogens with zero attached hydrogens (tertiary/aromatic N) is 2. The fourth-order valence-corrected chi connectivity index (χ4v) is 0.619. The molecule has 0 saturated carbocycles. The molecule has 10 heavy (non-hydrogen) atoms. The Morgan fingerprint density at radius 3 is 2.80 bits per heavy atom. The SMILES string of the molecule is CC/C=C/c1nonc1C. The van der Waals surface area contributed by atoms with Crippen molar-refractivity contribution >= 4 is 6.08 Å². The summed E-state index contributed by atoms with van der Waals surface area (Å²) in [5, 5.41) is 7.31. The molecule has 0 N–H and O–H groups in total. The lowest BCUT2D eigenvalue weighted by atomic mass is 10.3. The molecule has 0 radical (unpaired) electrons. The lowest BCUT2D eigenvalue weighted by Crippen LogP contribution is -1.74. The third kappa shape index (κ3) is 1.43. The summed E-state index contributed by atoms with van der Waals surface area (Å²) in [4.78, 5) is 0. The Hall–Kier alpha value is -1.12. The third-order valence-corrected chi connectivity index (χ3v) is 1.20. The molecule has 1 aromatic rings. The highest BCUT2D eigenvalue weighted by molar-refractivity contribution is 5.45. The van der Waals surface area contributed by atoms with E-state index in [0.29, 0.717) is 0 Å². The van der Waals surface area contributed by atoms with E-state index >= 15 is 0 Å². The average molecular weight is 138 g/mol. The van der Waals surface area contributed by atoms with Gasteiger partial charge in [0.25, 0.3) is 0 Å². The molecule has 0 unspecified atom stereocenters. The second-order valence-electron chi connectivity index (χ2n) is 2.05. The number of hydrogen-bond acceptors (Lipinski definition) is 3. The molecule has 1 aromatic heterocycles. The van der Waals surface area contributed by atoms with Crippen LogP contribution >= 0.6 is 0 Å². The predicted molar refractivity (Wildman–Crippen MR) is 38.4 cm³/mol. The summed E-state index contributed by atoms with van der Waals surface area (Å²) < 4.78 is 4.49. The molecule has 0 amide bonds. The van der Waals surface area contributed by atoms with Crippen LogP contribution in [0.3, 0.4) is 0 Å². The van der Waals surface area contributed by atoms with E-state index in [1.807, 2.05) is 19.1 Å². The first-order valence-corrected chi connectivity index (χ1v) is 3.30. The molecule has 0 spiro atoms. The summed E-state index contributed by atoms with van der Waals surface area (Å²) in [5.41, 5.74) is 1.66. The van der Waals surface area contributed by atoms with E-state index in [4.69, 9.17) is 0 Å². The van der Waals surface area contributed by atoms with Crippen molar-refractivity contribution in [3.05, 3.63) is 17.5 Å². The van der Waals surface area contributed by atoms with Gasteiger partial charge in [-0.25, -0.2) is 4.63 Å². The quantitative estimate of drug-likeness (QED) is 0.625. The van der Waals surface area contributed by atoms with Gasteiger partial charge in [-0.05, 0) is 19.4 Å². The maximum absolute atomic E-state index is 4.49. The summed E-state index contributed by atoms with van der Waals surface area (Å²) in [7, 11) is 0. The first kappa shape index (κ1) is 6.99. The van der Waals surface area contributed by atoms with Gasteiger partial charge in [0.15, 0.2) is 0 Å². The molecule has 0 atom stereocenters. The van der Waals surface area contributed by atoms with Crippen molar-refractivity contribution in [1.29, 1.82) is 0 Å². The van der Waals surface area contributed by atoms with Crippen LogP contribution in [0.5, 0.6) is 0 Å². The summed E-state index contributed by atoms with van der Waals surface area (Å²) in [5.74, 6) is 0. The van der Waals surface area contributed by atoms with Gasteiger partial charge in [-0.1, -0.05) is 23.3 Å². The van der Waals surface area contributed by atoms with Gasteiger partial charge in [0.05, 0.1) is 0 Å². The maximum atomic E-state index is 4.49. The second-order valence-corrected chi connectivity index (χ2v) is 2.05. The van der Waals surface area contributed by atoms with Crippen LogP contribution in [-0.2, 0) is 0 Å². The lowest BCUT2D eigenvalue weighted by molar-refractivity contribution is 0.304. The largest absolute Gasteiger partial charge is 0.244 e. The minimum absolute atomic E-state index is 0.821. The number of hydrogen-bond donors (Lipinski definition) is 0. The molecular weight excluding hydrogens is 128 g/mol. The fraction of sp³-hybridized carbons (Fsp3) is 0.429. The number of rotatable bonds is 2. The van der Waals surface area contributed by atoms with Gasteiger partial charge < -0.3 is 0 Å². The molecule has 1 rings (SSSR count). The van der Waals surface area contributed by atoms with Crippen molar-refractivity contribution in [3.8, 4) is 0 Å². The van der Waals surface area contributed by atoms with Crippen LogP contribution in [0.2, 0.25) is 0 Å². The van der Waals surface area contributed by atoms with Gasteiger partial charge in [0, 0.05) is 0 Å². The highest BCUT2D eigenvalue weighted by Gasteiger charge is 1.97. The minimum Gasteiger partial charge on any atom is -0.244 e. The summed E-state index contributed by atoms with van der Waals surface area (Å²) in [6.45, 7) is 3.94. The Balaban J connectivity index is 2.74. The monoisotopic (exact) mass is 138 g/mol. The molecule has 0 saturated heterocycles. The molecule has 0 aliphatic rings. The topological polar surface area (TPSA) is 38.9 Å². The molecule has 3 heteroatoms. The van der Waals surface area contributed by atoms with Crippen molar-refractivity contribution in [3.63, 3.8) is 0 Å². The highest BCUT2D eigenvalue weighted by Crippen LogP contribution is 2.02. The molecular formula is C7H10N2O. The highest BCUT2D eigenvalue weighted by atomic mass is 16.6. The predicted octanol–water partition coefficient (Wildman–Crippen LogP) is 1.80. The van der Waals surface area contributed by atoms with Crippen LogP contribution < -0.4 is 0 Å². The van der Waals surface area contributed by atoms with Crippen molar-refractivity contribution in [2.45, 2.75) is 20.3 Å². The summed E-state index contributed by atoms with van der Waals surface area (Å²) in [6.07, 6.45) is 4.94. The first-order chi connectivity index (χ1) is 4.84. The van der Waals surface area contributed by atoms with E-state index in [0.717, 1.165) is 17.8 Å². The maximum Gasteiger partial charge on any atom is 0.130 e. The van der Waals surface area contributed by atoms with Crippen molar-refractivity contribution in [1.82, 2.24) is 10.3 Å². The molecule has 3 nitrogen and oxygen atoms in total. The van der Waals surface area contributed by atoms with Crippen LogP contribution in [0.25, 0.3) is 6.08 Å². The minimum atomic E-state index is 0.821. The number of aryl methyl sites for hydroxylation is 1. The smallest absolute Gasteiger partial charge is 0.130 e. The van der Waals surface area contributed by atoms with Crippen LogP contribution in [-0.4, -0.2) is 10.3 Å². The second kappa shape index (κ2) is 3.15. The fourth-order valence-electron chi connectivity index (χ4n) is 0.619. The zero-order valence-corrected chi connectivity index (χ0v) is 6.16. The van der Waals surface area contributed by atoms with Crippen LogP contribution in [0.1, 0.15) is 24.7 Å². The average Bonchev–Trinajstić information content (AvgIpc) is 2.31. The van der Waals surface area contributed by atoms with Gasteiger partial charge in [0.1, 0.15) is 11.4 Å². The summed E-state index contributed by atoms with van der Waals surface area (Å²) >= 11 is 0. The van der Waals surface area contributed by atoms with Crippen LogP contribution in [0.15, 0.2) is 10.7 Å². The molecule has 54 valence electrons. The van der Waals surface area contributed by atoms with Gasteiger partial charge in [-0.3, -0.25) is 0 Å². The van der Waals surface area contributed by atoms with E-state index in [-0.39, 0.29) is 0 Å². The third-order valence-electron chi connectivity index (χ3n) is 1.20. The Bertz CT molecular complexity index is 227. The summed E-state index contributed by atoms with van der Waals surface area (Å²) in [6, 6.07) is 0. The van der Waals surface area contributed by atoms with E-state index in [1.165, 1.54) is 0 Å². The van der Waals surface area contributed by atoms with E-state index in [1.54, 1.807) is 0 Å². The van der Waals surface area contributed by atoms with E-state index < -0.39 is 0 Å². The molecule has 0 aromatic carbocycles. The number of allylic oxidation sites excluding steroid dienone is 1. The Labute approximate surface area is 59.7 Å². The lowest BCUT2D eigenvalue weighted by Gasteiger charge is -1.79. The zero-order valence-electron chi connectivity index (χ0n) is 6.16. The zero-order chi connectivity index (χ0) is 7.40. The van der Waals surface area contributed by atoms with E-state index in [9.17, 15) is 0 Å². The Morgan fingerprint density at radius 2 is 2.30 bits per heavy atom. The standard InChI is InChI=1S/C7H10N2O/c1-3-4-5-7-6(2)8-10-9-7/h4-5H,3H2,1-2H3/b5-4+. The van der Waals surface area contributed by atoms with Gasteiger partial charge in [-0.15, -0.1) is 0 Å². The number of aromatic nitrogens is 2. The molecule has 1 heterocycles. The van der Waals surface area contributed by atoms with Gasteiger partial charge >= 0.3 is 0 Å². The molecule has 0 bridgehead atoms. The molecule has 0 aliphatic heterocycles. The molecule has 0 aliphatic carbocycles. The Morgan fingerprint density at radius 1 is 1.50 bits per heavy atom. The first-order valence-electron chi connectivity index (χ1n) is 3.30. The molecule has 0 fully saturated rings. The van der Waals surface area contributed by atoms with Crippen molar-refractivity contribution < 1.29 is 4.63 Å². The van der Waals surface area contributed by atoms with Crippen molar-refractivity contribution in [2.75, 3.05) is 0 Å².